The fourth-order valence-electron chi connectivity index (χ4n) is 3.15. The molecule has 0 aromatic heterocycles. The Hall–Kier alpha value is -1.92. The Kier molecular flexibility index (Phi) is 13.0. The molecule has 0 saturated carbocycles. The maximum atomic E-state index is 11.8. The molecule has 0 aliphatic carbocycles. The lowest BCUT2D eigenvalue weighted by Crippen LogP contribution is -2.33. The second-order valence-corrected chi connectivity index (χ2v) is 7.43. The van der Waals surface area contributed by atoms with Gasteiger partial charge in [-0.2, -0.15) is 0 Å². The molecule has 0 aromatic rings. The summed E-state index contributed by atoms with van der Waals surface area (Å²) in [6.07, 6.45) is 14.1. The van der Waals surface area contributed by atoms with Crippen LogP contribution in [-0.2, 0) is 24.0 Å². The van der Waals surface area contributed by atoms with E-state index in [1.54, 1.807) is 0 Å². The summed E-state index contributed by atoms with van der Waals surface area (Å²) in [5, 5.41) is 3.19. The van der Waals surface area contributed by atoms with Crippen LogP contribution in [0.4, 0.5) is 0 Å². The molecule has 160 valence electrons. The molecule has 0 unspecified atom stereocenters. The highest BCUT2D eigenvalue weighted by atomic mass is 16.7. The van der Waals surface area contributed by atoms with Gasteiger partial charge in [-0.3, -0.25) is 14.4 Å². The predicted molar refractivity (Wildman–Crippen MR) is 106 cm³/mol. The van der Waals surface area contributed by atoms with Crippen molar-refractivity contribution >= 4 is 23.7 Å². The molecule has 28 heavy (non-hydrogen) atoms. The number of hydroxylamine groups is 2. The Bertz CT molecular complexity index is 491. The third kappa shape index (κ3) is 11.0. The van der Waals surface area contributed by atoms with E-state index < -0.39 is 17.8 Å². The number of nitrogens with zero attached hydrogens (tertiary/aromatic N) is 1. The molecule has 1 aliphatic heterocycles. The predicted octanol–water partition coefficient (Wildman–Crippen LogP) is 3.80. The molecule has 1 saturated heterocycles. The van der Waals surface area contributed by atoms with Crippen molar-refractivity contribution in [2.24, 2.45) is 0 Å². The van der Waals surface area contributed by atoms with Crippen LogP contribution in [0.25, 0.3) is 0 Å². The van der Waals surface area contributed by atoms with Crippen LogP contribution in [0.3, 0.4) is 0 Å². The molecule has 1 heterocycles. The van der Waals surface area contributed by atoms with E-state index in [2.05, 4.69) is 12.2 Å². The largest absolute Gasteiger partial charge is 0.356 e. The van der Waals surface area contributed by atoms with Gasteiger partial charge in [0.15, 0.2) is 0 Å². The molecule has 0 spiro atoms. The lowest BCUT2D eigenvalue weighted by molar-refractivity contribution is -0.197. The second kappa shape index (κ2) is 15.1. The smallest absolute Gasteiger partial charge is 0.334 e. The topological polar surface area (TPSA) is 92.8 Å². The normalized spacial score (nSPS) is 13.8. The first-order valence-corrected chi connectivity index (χ1v) is 10.9. The van der Waals surface area contributed by atoms with Crippen molar-refractivity contribution in [3.05, 3.63) is 0 Å². The lowest BCUT2D eigenvalue weighted by Gasteiger charge is -2.12. The van der Waals surface area contributed by atoms with Crippen LogP contribution in [0, 0.1) is 0 Å². The van der Waals surface area contributed by atoms with Crippen LogP contribution >= 0.6 is 0 Å². The summed E-state index contributed by atoms with van der Waals surface area (Å²) in [6.45, 7) is 2.38. The quantitative estimate of drug-likeness (QED) is 0.316. The molecule has 1 N–H and O–H groups in total. The number of amides is 3. The molecule has 0 bridgehead atoms. The van der Waals surface area contributed by atoms with Crippen molar-refractivity contribution in [3.63, 3.8) is 0 Å². The molecule has 1 fully saturated rings. The fourth-order valence-corrected chi connectivity index (χ4v) is 3.15. The first kappa shape index (κ1) is 24.1. The average Bonchev–Trinajstić information content (AvgIpc) is 2.98. The van der Waals surface area contributed by atoms with E-state index in [0.29, 0.717) is 11.5 Å². The van der Waals surface area contributed by atoms with Gasteiger partial charge in [0.25, 0.3) is 11.8 Å². The van der Waals surface area contributed by atoms with E-state index in [1.807, 2.05) is 0 Å². The van der Waals surface area contributed by atoms with Gasteiger partial charge in [0.1, 0.15) is 0 Å². The van der Waals surface area contributed by atoms with Crippen molar-refractivity contribution in [1.82, 2.24) is 10.4 Å². The van der Waals surface area contributed by atoms with Gasteiger partial charge in [-0.15, -0.1) is 5.06 Å². The maximum Gasteiger partial charge on any atom is 0.334 e. The van der Waals surface area contributed by atoms with Crippen molar-refractivity contribution in [2.75, 3.05) is 6.54 Å². The van der Waals surface area contributed by atoms with E-state index in [9.17, 15) is 19.2 Å². The van der Waals surface area contributed by atoms with Crippen LogP contribution in [0.1, 0.15) is 103 Å². The molecule has 0 radical (unpaired) electrons. The van der Waals surface area contributed by atoms with Crippen LogP contribution < -0.4 is 5.32 Å². The monoisotopic (exact) mass is 396 g/mol. The highest BCUT2D eigenvalue weighted by Gasteiger charge is 2.32. The lowest BCUT2D eigenvalue weighted by atomic mass is 10.1. The van der Waals surface area contributed by atoms with E-state index in [4.69, 9.17) is 4.84 Å². The van der Waals surface area contributed by atoms with E-state index in [0.717, 1.165) is 19.3 Å². The van der Waals surface area contributed by atoms with E-state index in [1.165, 1.54) is 51.4 Å². The van der Waals surface area contributed by atoms with E-state index in [-0.39, 0.29) is 31.7 Å². The number of rotatable bonds is 16. The minimum Gasteiger partial charge on any atom is -0.356 e. The molecule has 0 aromatic carbocycles. The van der Waals surface area contributed by atoms with Crippen LogP contribution in [0.5, 0.6) is 0 Å². The first-order valence-electron chi connectivity index (χ1n) is 10.9. The molecule has 7 nitrogen and oxygen atoms in total. The van der Waals surface area contributed by atoms with Gasteiger partial charge in [0, 0.05) is 25.8 Å². The van der Waals surface area contributed by atoms with Crippen LogP contribution in [0.15, 0.2) is 0 Å². The summed E-state index contributed by atoms with van der Waals surface area (Å²) in [5.74, 6) is -1.78. The van der Waals surface area contributed by atoms with Gasteiger partial charge in [0.2, 0.25) is 5.91 Å². The summed E-state index contributed by atoms with van der Waals surface area (Å²) < 4.78 is 0. The fraction of sp³-hybridized carbons (Fsp3) is 0.810. The van der Waals surface area contributed by atoms with Crippen molar-refractivity contribution in [3.8, 4) is 0 Å². The number of hydrogen-bond acceptors (Lipinski definition) is 5. The molecule has 1 rings (SSSR count). The Labute approximate surface area is 168 Å². The summed E-state index contributed by atoms with van der Waals surface area (Å²) in [6, 6.07) is 0. The second-order valence-electron chi connectivity index (χ2n) is 7.43. The number of imide groups is 1. The number of unbranched alkanes of at least 4 members (excludes halogenated alkanes) is 10. The Morgan fingerprint density at radius 1 is 0.821 bits per heavy atom. The third-order valence-electron chi connectivity index (χ3n) is 4.86. The zero-order valence-electron chi connectivity index (χ0n) is 17.3. The minimum atomic E-state index is -0.696. The third-order valence-corrected chi connectivity index (χ3v) is 4.86. The van der Waals surface area contributed by atoms with Gasteiger partial charge in [-0.1, -0.05) is 71.1 Å². The Morgan fingerprint density at radius 3 is 1.86 bits per heavy atom. The maximum absolute atomic E-state index is 11.8. The summed E-state index contributed by atoms with van der Waals surface area (Å²) in [7, 11) is 0. The number of carbonyl (C=O) groups excluding carboxylic acids is 4. The molecular formula is C21H36N2O5. The first-order chi connectivity index (χ1) is 13.5. The van der Waals surface area contributed by atoms with Gasteiger partial charge in [-0.25, -0.2) is 4.79 Å². The SMILES string of the molecule is CCCCCCCCCCCCCC(=O)NCCC(=O)ON1C(=O)CCC1=O. The zero-order chi connectivity index (χ0) is 20.6. The summed E-state index contributed by atoms with van der Waals surface area (Å²) in [4.78, 5) is 50.8. The van der Waals surface area contributed by atoms with Crippen molar-refractivity contribution in [1.29, 1.82) is 0 Å². The molecule has 0 atom stereocenters. The van der Waals surface area contributed by atoms with Crippen molar-refractivity contribution in [2.45, 2.75) is 103 Å². The van der Waals surface area contributed by atoms with Crippen LogP contribution in [0.2, 0.25) is 0 Å². The highest BCUT2D eigenvalue weighted by Crippen LogP contribution is 2.13. The number of carbonyl (C=O) groups is 4. The van der Waals surface area contributed by atoms with Gasteiger partial charge < -0.3 is 10.2 Å². The highest BCUT2D eigenvalue weighted by molar-refractivity contribution is 6.01. The molecule has 7 heteroatoms. The van der Waals surface area contributed by atoms with Gasteiger partial charge >= 0.3 is 5.97 Å². The minimum absolute atomic E-state index is 0.0684. The molecule has 3 amide bonds. The Morgan fingerprint density at radius 2 is 1.32 bits per heavy atom. The number of hydrogen-bond donors (Lipinski definition) is 1. The molecular weight excluding hydrogens is 360 g/mol. The number of nitrogens with one attached hydrogen (secondary N) is 1. The zero-order valence-corrected chi connectivity index (χ0v) is 17.3. The standard InChI is InChI=1S/C21H36N2O5/c1-2-3-4-5-6-7-8-9-10-11-12-13-18(24)22-17-16-21(27)28-23-19(25)14-15-20(23)26/h2-17H2,1H3,(H,22,24). The van der Waals surface area contributed by atoms with Gasteiger partial charge in [-0.05, 0) is 6.42 Å². The van der Waals surface area contributed by atoms with Crippen LogP contribution in [-0.4, -0.2) is 35.3 Å². The Balaban J connectivity index is 1.91. The van der Waals surface area contributed by atoms with E-state index >= 15 is 0 Å². The average molecular weight is 397 g/mol. The summed E-state index contributed by atoms with van der Waals surface area (Å²) in [5.41, 5.74) is 0. The van der Waals surface area contributed by atoms with Gasteiger partial charge in [0.05, 0.1) is 6.42 Å². The molecule has 1 aliphatic rings. The summed E-state index contributed by atoms with van der Waals surface area (Å²) >= 11 is 0. The van der Waals surface area contributed by atoms with Crippen molar-refractivity contribution < 1.29 is 24.0 Å².